The predicted octanol–water partition coefficient (Wildman–Crippen LogP) is 1.76. The number of hydrogen-bond donors (Lipinski definition) is 0. The second-order valence-corrected chi connectivity index (χ2v) is 4.67. The van der Waals surface area contributed by atoms with E-state index < -0.39 is 7.60 Å². The molecule has 1 rings (SSSR count). The predicted molar refractivity (Wildman–Crippen MR) is 42.1 cm³/mol. The van der Waals surface area contributed by atoms with Crippen LogP contribution in [0.15, 0.2) is 11.8 Å². The molecule has 0 N–H and O–H groups in total. The molecule has 60 valence electrons. The zero-order valence-corrected chi connectivity index (χ0v) is 7.30. The van der Waals surface area contributed by atoms with Crippen molar-refractivity contribution in [1.82, 2.24) is 0 Å². The van der Waals surface area contributed by atoms with Crippen LogP contribution in [0.1, 0.15) is 6.92 Å². The number of allylic oxidation sites excluding steroid dienone is 2. The smallest absolute Gasteiger partial charge is 0.386 e. The molecule has 2 atom stereocenters. The fraction of sp³-hybridized carbons (Fsp3) is 0.429. The molecule has 4 heteroatoms. The maximum absolute atomic E-state index is 11.5. The minimum atomic E-state index is -2.95. The maximum atomic E-state index is 11.5. The Balaban J connectivity index is 2.87. The summed E-state index contributed by atoms with van der Waals surface area (Å²) >= 11 is 0. The van der Waals surface area contributed by atoms with Crippen molar-refractivity contribution >= 4 is 7.60 Å². The number of hydrogen-bond acceptors (Lipinski definition) is 3. The van der Waals surface area contributed by atoms with E-state index in [0.29, 0.717) is 5.76 Å². The van der Waals surface area contributed by atoms with Gasteiger partial charge in [-0.15, -0.1) is 6.42 Å². The summed E-state index contributed by atoms with van der Waals surface area (Å²) in [6, 6.07) is 0. The monoisotopic (exact) mass is 172 g/mol. The summed E-state index contributed by atoms with van der Waals surface area (Å²) in [6.45, 7) is 1.74. The molecule has 0 aliphatic carbocycles. The molecule has 0 amide bonds. The van der Waals surface area contributed by atoms with Crippen LogP contribution in [0.25, 0.3) is 0 Å². The van der Waals surface area contributed by atoms with Crippen LogP contribution in [0.3, 0.4) is 0 Å². The van der Waals surface area contributed by atoms with Gasteiger partial charge in [-0.05, 0) is 18.9 Å². The normalized spacial score (nSPS) is 35.7. The van der Waals surface area contributed by atoms with Gasteiger partial charge >= 0.3 is 7.60 Å². The molecule has 0 spiro atoms. The Labute approximate surface area is 65.9 Å². The highest BCUT2D eigenvalue weighted by Gasteiger charge is 2.37. The highest BCUT2D eigenvalue weighted by atomic mass is 31.2. The van der Waals surface area contributed by atoms with Crippen LogP contribution in [-0.2, 0) is 13.6 Å². The van der Waals surface area contributed by atoms with Gasteiger partial charge in [-0.3, -0.25) is 0 Å². The van der Waals surface area contributed by atoms with E-state index >= 15 is 0 Å². The highest BCUT2D eigenvalue weighted by Crippen LogP contribution is 2.58. The molecule has 0 aromatic rings. The standard InChI is InChI=1S/C7H9O3P/c1-4-7-5-6(2)11(8,9-3)10-7/h1,5-6H,2-3H3. The van der Waals surface area contributed by atoms with E-state index in [1.54, 1.807) is 13.0 Å². The Morgan fingerprint density at radius 3 is 2.82 bits per heavy atom. The first kappa shape index (κ1) is 8.39. The van der Waals surface area contributed by atoms with Gasteiger partial charge in [-0.2, -0.15) is 0 Å². The lowest BCUT2D eigenvalue weighted by Crippen LogP contribution is -1.96. The molecule has 0 radical (unpaired) electrons. The first-order valence-corrected chi connectivity index (χ1v) is 4.77. The summed E-state index contributed by atoms with van der Waals surface area (Å²) in [6.07, 6.45) is 6.68. The number of terminal acetylenes is 1. The van der Waals surface area contributed by atoms with E-state index in [0.717, 1.165) is 0 Å². The average Bonchev–Trinajstić information content (AvgIpc) is 2.29. The van der Waals surface area contributed by atoms with Crippen LogP contribution < -0.4 is 0 Å². The van der Waals surface area contributed by atoms with Gasteiger partial charge in [0.2, 0.25) is 0 Å². The van der Waals surface area contributed by atoms with E-state index in [1.165, 1.54) is 7.11 Å². The summed E-state index contributed by atoms with van der Waals surface area (Å²) < 4.78 is 21.1. The molecule has 1 aliphatic rings. The van der Waals surface area contributed by atoms with Gasteiger partial charge in [0.25, 0.3) is 0 Å². The van der Waals surface area contributed by atoms with Gasteiger partial charge < -0.3 is 9.05 Å². The maximum Gasteiger partial charge on any atom is 0.386 e. The third-order valence-electron chi connectivity index (χ3n) is 1.51. The molecule has 3 nitrogen and oxygen atoms in total. The molecule has 11 heavy (non-hydrogen) atoms. The third-order valence-corrected chi connectivity index (χ3v) is 3.62. The van der Waals surface area contributed by atoms with Crippen LogP contribution in [-0.4, -0.2) is 12.8 Å². The molecular formula is C7H9O3P. The van der Waals surface area contributed by atoms with E-state index in [1.807, 2.05) is 0 Å². The molecule has 0 aromatic heterocycles. The van der Waals surface area contributed by atoms with Crippen molar-refractivity contribution in [2.24, 2.45) is 0 Å². The van der Waals surface area contributed by atoms with E-state index in [-0.39, 0.29) is 5.66 Å². The van der Waals surface area contributed by atoms with Crippen LogP contribution in [0, 0.1) is 12.3 Å². The molecule has 2 unspecified atom stereocenters. The first-order valence-electron chi connectivity index (χ1n) is 3.16. The molecule has 0 bridgehead atoms. The quantitative estimate of drug-likeness (QED) is 0.446. The van der Waals surface area contributed by atoms with Gasteiger partial charge in [0.1, 0.15) is 0 Å². The first-order chi connectivity index (χ1) is 5.12. The van der Waals surface area contributed by atoms with Crippen molar-refractivity contribution in [3.05, 3.63) is 11.8 Å². The Hall–Kier alpha value is -0.710. The lowest BCUT2D eigenvalue weighted by atomic mass is 10.4. The molecule has 1 heterocycles. The lowest BCUT2D eigenvalue weighted by molar-refractivity contribution is 0.297. The topological polar surface area (TPSA) is 35.5 Å². The summed E-state index contributed by atoms with van der Waals surface area (Å²) in [4.78, 5) is 0. The minimum Gasteiger partial charge on any atom is -0.415 e. The van der Waals surface area contributed by atoms with E-state index in [9.17, 15) is 4.57 Å². The van der Waals surface area contributed by atoms with Gasteiger partial charge in [0, 0.05) is 7.11 Å². The van der Waals surface area contributed by atoms with Gasteiger partial charge in [0.15, 0.2) is 5.76 Å². The Morgan fingerprint density at radius 1 is 1.91 bits per heavy atom. The van der Waals surface area contributed by atoms with Crippen molar-refractivity contribution in [2.75, 3.05) is 7.11 Å². The molecule has 0 saturated heterocycles. The van der Waals surface area contributed by atoms with Gasteiger partial charge in [-0.1, -0.05) is 0 Å². The SMILES string of the molecule is C#CC1=CC(C)P(=O)(OC)O1. The van der Waals surface area contributed by atoms with Crippen molar-refractivity contribution in [2.45, 2.75) is 12.6 Å². The largest absolute Gasteiger partial charge is 0.415 e. The van der Waals surface area contributed by atoms with Crippen molar-refractivity contribution in [3.8, 4) is 12.3 Å². The molecule has 0 fully saturated rings. The van der Waals surface area contributed by atoms with Crippen molar-refractivity contribution in [3.63, 3.8) is 0 Å². The van der Waals surface area contributed by atoms with E-state index in [2.05, 4.69) is 5.92 Å². The zero-order valence-electron chi connectivity index (χ0n) is 6.40. The third kappa shape index (κ3) is 1.33. The van der Waals surface area contributed by atoms with Crippen molar-refractivity contribution in [1.29, 1.82) is 0 Å². The fourth-order valence-electron chi connectivity index (χ4n) is 0.839. The van der Waals surface area contributed by atoms with Crippen LogP contribution in [0.5, 0.6) is 0 Å². The van der Waals surface area contributed by atoms with Crippen molar-refractivity contribution < 1.29 is 13.6 Å². The second kappa shape index (κ2) is 2.73. The Bertz CT molecular complexity index is 274. The summed E-state index contributed by atoms with van der Waals surface area (Å²) in [7, 11) is -1.60. The molecule has 1 aliphatic heterocycles. The summed E-state index contributed by atoms with van der Waals surface area (Å²) in [5.41, 5.74) is -0.237. The molecule has 0 saturated carbocycles. The fourth-order valence-corrected chi connectivity index (χ4v) is 2.12. The Kier molecular flexibility index (Phi) is 2.08. The molecule has 0 aromatic carbocycles. The average molecular weight is 172 g/mol. The summed E-state index contributed by atoms with van der Waals surface area (Å²) in [5, 5.41) is 0. The number of rotatable bonds is 1. The zero-order chi connectivity index (χ0) is 8.48. The van der Waals surface area contributed by atoms with Gasteiger partial charge in [-0.25, -0.2) is 4.57 Å². The van der Waals surface area contributed by atoms with Crippen LogP contribution >= 0.6 is 7.60 Å². The van der Waals surface area contributed by atoms with Crippen LogP contribution in [0.4, 0.5) is 0 Å². The second-order valence-electron chi connectivity index (χ2n) is 2.23. The molecular weight excluding hydrogens is 163 g/mol. The summed E-state index contributed by atoms with van der Waals surface area (Å²) in [5.74, 6) is 2.58. The Morgan fingerprint density at radius 2 is 2.55 bits per heavy atom. The van der Waals surface area contributed by atoms with E-state index in [4.69, 9.17) is 15.5 Å². The lowest BCUT2D eigenvalue weighted by Gasteiger charge is -2.12. The minimum absolute atomic E-state index is 0.237. The van der Waals surface area contributed by atoms with Crippen LogP contribution in [0.2, 0.25) is 0 Å². The highest BCUT2D eigenvalue weighted by molar-refractivity contribution is 7.55. The van der Waals surface area contributed by atoms with Gasteiger partial charge in [0.05, 0.1) is 5.66 Å².